The molecule has 1 aromatic rings. The molecule has 0 aromatic heterocycles. The monoisotopic (exact) mass is 261 g/mol. The second kappa shape index (κ2) is 4.88. The Bertz CT molecular complexity index is 421. The van der Waals surface area contributed by atoms with Gasteiger partial charge in [-0.05, 0) is 31.5 Å². The number of ether oxygens (including phenoxy) is 1. The van der Waals surface area contributed by atoms with E-state index < -0.39 is 24.2 Å². The number of carboxylic acid groups (broad SMARTS) is 1. The van der Waals surface area contributed by atoms with Crippen LogP contribution in [0.4, 0.5) is 13.2 Å². The third-order valence-electron chi connectivity index (χ3n) is 2.64. The Labute approximate surface area is 102 Å². The lowest BCUT2D eigenvalue weighted by Gasteiger charge is -2.28. The van der Waals surface area contributed by atoms with Crippen molar-refractivity contribution in [1.82, 2.24) is 0 Å². The molecule has 3 nitrogen and oxygen atoms in total. The lowest BCUT2D eigenvalue weighted by molar-refractivity contribution is -0.307. The predicted molar refractivity (Wildman–Crippen MR) is 56.0 cm³/mol. The largest absolute Gasteiger partial charge is 0.546 e. The summed E-state index contributed by atoms with van der Waals surface area (Å²) in [5.41, 5.74) is -1.89. The molecule has 0 spiro atoms. The van der Waals surface area contributed by atoms with E-state index in [4.69, 9.17) is 4.74 Å². The molecule has 0 saturated heterocycles. The topological polar surface area (TPSA) is 49.4 Å². The van der Waals surface area contributed by atoms with Crippen molar-refractivity contribution in [3.63, 3.8) is 0 Å². The summed E-state index contributed by atoms with van der Waals surface area (Å²) in [5.74, 6) is -1.21. The van der Waals surface area contributed by atoms with Crippen LogP contribution in [0.1, 0.15) is 19.4 Å². The van der Waals surface area contributed by atoms with Gasteiger partial charge in [0, 0.05) is 0 Å². The molecule has 1 aromatic carbocycles. The molecule has 0 aliphatic heterocycles. The summed E-state index contributed by atoms with van der Waals surface area (Å²) < 4.78 is 43.0. The maximum atomic E-state index is 12.8. The number of hydrogen-bond donors (Lipinski definition) is 0. The third kappa shape index (κ3) is 3.15. The Kier molecular flexibility index (Phi) is 3.88. The Hall–Kier alpha value is -1.72. The molecule has 100 valence electrons. The number of carbonyl (C=O) groups excluding carboxylic acids is 1. The zero-order chi connectivity index (χ0) is 14.0. The van der Waals surface area contributed by atoms with Crippen LogP contribution in [0.2, 0.25) is 0 Å². The molecule has 0 bridgehead atoms. The zero-order valence-electron chi connectivity index (χ0n) is 9.88. The van der Waals surface area contributed by atoms with Crippen LogP contribution >= 0.6 is 0 Å². The van der Waals surface area contributed by atoms with Gasteiger partial charge in [0.25, 0.3) is 0 Å². The molecular formula is C12H12F3O3-. The molecule has 0 aliphatic rings. The smallest absolute Gasteiger partial charge is 0.397 e. The highest BCUT2D eigenvalue weighted by atomic mass is 19.4. The van der Waals surface area contributed by atoms with Gasteiger partial charge in [0.2, 0.25) is 0 Å². The molecular weight excluding hydrogens is 249 g/mol. The van der Waals surface area contributed by atoms with Gasteiger partial charge < -0.3 is 14.6 Å². The van der Waals surface area contributed by atoms with Crippen molar-refractivity contribution in [2.24, 2.45) is 0 Å². The molecule has 18 heavy (non-hydrogen) atoms. The molecule has 1 rings (SSSR count). The second-order valence-corrected chi connectivity index (χ2v) is 4.31. The molecule has 0 N–H and O–H groups in total. The van der Waals surface area contributed by atoms with Gasteiger partial charge in [0.15, 0.2) is 0 Å². The first-order valence-corrected chi connectivity index (χ1v) is 5.14. The fraction of sp³-hybridized carbons (Fsp3) is 0.417. The fourth-order valence-corrected chi connectivity index (χ4v) is 1.27. The maximum Gasteiger partial charge on any atom is 0.397 e. The number of halogens is 3. The second-order valence-electron chi connectivity index (χ2n) is 4.31. The molecule has 0 atom stereocenters. The van der Waals surface area contributed by atoms with E-state index in [-0.39, 0.29) is 11.3 Å². The predicted octanol–water partition coefficient (Wildman–Crippen LogP) is 1.66. The van der Waals surface area contributed by atoms with Crippen molar-refractivity contribution in [2.45, 2.75) is 25.4 Å². The number of carbonyl (C=O) groups is 1. The van der Waals surface area contributed by atoms with Crippen LogP contribution in [0.3, 0.4) is 0 Å². The summed E-state index contributed by atoms with van der Waals surface area (Å²) in [7, 11) is 0. The van der Waals surface area contributed by atoms with E-state index in [1.54, 1.807) is 0 Å². The highest BCUT2D eigenvalue weighted by molar-refractivity contribution is 5.66. The van der Waals surface area contributed by atoms with Crippen LogP contribution in [0.5, 0.6) is 5.75 Å². The van der Waals surface area contributed by atoms with Crippen molar-refractivity contribution in [1.29, 1.82) is 0 Å². The van der Waals surface area contributed by atoms with Crippen molar-refractivity contribution >= 4 is 5.97 Å². The molecule has 0 aliphatic carbocycles. The third-order valence-corrected chi connectivity index (χ3v) is 2.64. The standard InChI is InChI=1S/C12H13F3O3/c1-11(2,12(13,14)15)8-3-5-9(6-4-8)18-7-10(16)17/h3-6H,7H2,1-2H3,(H,16,17)/p-1. The average molecular weight is 261 g/mol. The number of rotatable bonds is 4. The van der Waals surface area contributed by atoms with Gasteiger partial charge in [0.05, 0.1) is 11.4 Å². The van der Waals surface area contributed by atoms with Gasteiger partial charge in [-0.3, -0.25) is 0 Å². The van der Waals surface area contributed by atoms with Crippen molar-refractivity contribution < 1.29 is 27.8 Å². The first-order valence-electron chi connectivity index (χ1n) is 5.14. The van der Waals surface area contributed by atoms with Gasteiger partial charge in [0.1, 0.15) is 12.4 Å². The minimum atomic E-state index is -4.36. The molecule has 0 saturated carbocycles. The van der Waals surface area contributed by atoms with Crippen LogP contribution in [-0.2, 0) is 10.2 Å². The molecule has 6 heteroatoms. The first-order chi connectivity index (χ1) is 8.14. The van der Waals surface area contributed by atoms with E-state index in [0.29, 0.717) is 0 Å². The lowest BCUT2D eigenvalue weighted by atomic mass is 9.84. The van der Waals surface area contributed by atoms with E-state index in [1.807, 2.05) is 0 Å². The van der Waals surface area contributed by atoms with Crippen LogP contribution in [0.25, 0.3) is 0 Å². The first kappa shape index (κ1) is 14.3. The highest BCUT2D eigenvalue weighted by Crippen LogP contribution is 2.40. The Morgan fingerprint density at radius 2 is 1.72 bits per heavy atom. The highest BCUT2D eigenvalue weighted by Gasteiger charge is 2.48. The SMILES string of the molecule is CC(C)(c1ccc(OCC(=O)[O-])cc1)C(F)(F)F. The summed E-state index contributed by atoms with van der Waals surface area (Å²) in [4.78, 5) is 10.1. The van der Waals surface area contributed by atoms with E-state index in [9.17, 15) is 23.1 Å². The minimum Gasteiger partial charge on any atom is -0.546 e. The normalized spacial score (nSPS) is 12.3. The number of benzene rings is 1. The van der Waals surface area contributed by atoms with Crippen LogP contribution in [0, 0.1) is 0 Å². The van der Waals surface area contributed by atoms with E-state index >= 15 is 0 Å². The van der Waals surface area contributed by atoms with Crippen molar-refractivity contribution in [3.8, 4) is 5.75 Å². The minimum absolute atomic E-state index is 0.0794. The van der Waals surface area contributed by atoms with Crippen LogP contribution < -0.4 is 9.84 Å². The summed E-state index contributed by atoms with van der Waals surface area (Å²) in [6.07, 6.45) is -4.36. The molecule has 0 radical (unpaired) electrons. The fourth-order valence-electron chi connectivity index (χ4n) is 1.27. The number of carboxylic acids is 1. The number of alkyl halides is 3. The van der Waals surface area contributed by atoms with Crippen LogP contribution in [0.15, 0.2) is 24.3 Å². The molecule has 0 amide bonds. The summed E-state index contributed by atoms with van der Waals surface area (Å²) in [5, 5.41) is 10.1. The Balaban J connectivity index is 2.86. The average Bonchev–Trinajstić information content (AvgIpc) is 2.25. The maximum absolute atomic E-state index is 12.8. The lowest BCUT2D eigenvalue weighted by Crippen LogP contribution is -2.36. The molecule has 0 unspecified atom stereocenters. The van der Waals surface area contributed by atoms with Crippen LogP contribution in [-0.4, -0.2) is 18.8 Å². The zero-order valence-corrected chi connectivity index (χ0v) is 9.88. The number of hydrogen-bond acceptors (Lipinski definition) is 3. The van der Waals surface area contributed by atoms with Gasteiger partial charge in [-0.2, -0.15) is 13.2 Å². The van der Waals surface area contributed by atoms with E-state index in [0.717, 1.165) is 13.8 Å². The summed E-state index contributed by atoms with van der Waals surface area (Å²) in [6.45, 7) is 1.51. The summed E-state index contributed by atoms with van der Waals surface area (Å²) in [6, 6.07) is 5.12. The van der Waals surface area contributed by atoms with Gasteiger partial charge in [-0.1, -0.05) is 12.1 Å². The Morgan fingerprint density at radius 1 is 1.22 bits per heavy atom. The van der Waals surface area contributed by atoms with Gasteiger partial charge in [-0.25, -0.2) is 0 Å². The quantitative estimate of drug-likeness (QED) is 0.828. The van der Waals surface area contributed by atoms with Crippen molar-refractivity contribution in [2.75, 3.05) is 6.61 Å². The van der Waals surface area contributed by atoms with Gasteiger partial charge >= 0.3 is 6.18 Å². The van der Waals surface area contributed by atoms with Gasteiger partial charge in [-0.15, -0.1) is 0 Å². The number of aliphatic carboxylic acids is 1. The molecule has 0 fully saturated rings. The Morgan fingerprint density at radius 3 is 2.11 bits per heavy atom. The van der Waals surface area contributed by atoms with Crippen molar-refractivity contribution in [3.05, 3.63) is 29.8 Å². The molecule has 0 heterocycles. The summed E-state index contributed by atoms with van der Waals surface area (Å²) >= 11 is 0. The van der Waals surface area contributed by atoms with E-state index in [2.05, 4.69) is 0 Å². The van der Waals surface area contributed by atoms with E-state index in [1.165, 1.54) is 24.3 Å².